The average molecular weight is 235 g/mol. The highest BCUT2D eigenvalue weighted by Crippen LogP contribution is 2.51. The summed E-state index contributed by atoms with van der Waals surface area (Å²) in [5.41, 5.74) is 7.41. The summed E-state index contributed by atoms with van der Waals surface area (Å²) in [6.45, 7) is 1.26. The highest BCUT2D eigenvalue weighted by Gasteiger charge is 2.41. The Labute approximate surface area is 99.8 Å². The van der Waals surface area contributed by atoms with E-state index in [0.717, 1.165) is 23.7 Å². The molecule has 2 bridgehead atoms. The lowest BCUT2D eigenvalue weighted by Crippen LogP contribution is -2.31. The Bertz CT molecular complexity index is 424. The van der Waals surface area contributed by atoms with Crippen LogP contribution in [0.15, 0.2) is 0 Å². The van der Waals surface area contributed by atoms with Crippen molar-refractivity contribution in [3.8, 4) is 0 Å². The maximum Gasteiger partial charge on any atom is 0.142 e. The van der Waals surface area contributed by atoms with Gasteiger partial charge in [0.05, 0.1) is 0 Å². The number of piperidine rings is 1. The van der Waals surface area contributed by atoms with E-state index in [0.29, 0.717) is 0 Å². The highest BCUT2D eigenvalue weighted by molar-refractivity contribution is 7.10. The number of hydrogen-bond donors (Lipinski definition) is 1. The Kier molecular flexibility index (Phi) is 1.81. The van der Waals surface area contributed by atoms with Gasteiger partial charge in [-0.3, -0.25) is 0 Å². The van der Waals surface area contributed by atoms with Gasteiger partial charge in [0.25, 0.3) is 0 Å². The predicted molar refractivity (Wildman–Crippen MR) is 67.0 cm³/mol. The second kappa shape index (κ2) is 3.13. The minimum absolute atomic E-state index is 0.730. The summed E-state index contributed by atoms with van der Waals surface area (Å²) < 4.78 is 4.38. The number of nitrogens with zero attached hydrogens (tertiary/aromatic N) is 2. The van der Waals surface area contributed by atoms with Crippen LogP contribution in [0, 0.1) is 5.92 Å². The van der Waals surface area contributed by atoms with Crippen LogP contribution in [0.3, 0.4) is 0 Å². The third-order valence-electron chi connectivity index (χ3n) is 4.39. The fourth-order valence-electron chi connectivity index (χ4n) is 3.44. The molecule has 4 heteroatoms. The molecule has 16 heavy (non-hydrogen) atoms. The summed E-state index contributed by atoms with van der Waals surface area (Å²) in [4.78, 5) is 2.61. The smallest absolute Gasteiger partial charge is 0.142 e. The van der Waals surface area contributed by atoms with E-state index in [1.54, 1.807) is 11.5 Å². The number of hydrogen-bond acceptors (Lipinski definition) is 4. The third kappa shape index (κ3) is 1.22. The predicted octanol–water partition coefficient (Wildman–Crippen LogP) is 2.59. The number of aromatic nitrogens is 1. The number of anilines is 2. The van der Waals surface area contributed by atoms with Gasteiger partial charge in [0.2, 0.25) is 0 Å². The second-order valence-corrected chi connectivity index (χ2v) is 6.30. The molecule has 3 fully saturated rings. The first-order chi connectivity index (χ1) is 7.83. The molecule has 1 aromatic rings. The van der Waals surface area contributed by atoms with Crippen molar-refractivity contribution in [1.82, 2.24) is 4.37 Å². The standard InChI is InChI=1S/C12H17N3S/c13-11-10(8-2-3-8)12(16-14-11)15-6-7-1-4-9(15)5-7/h7-9H,1-6H2,(H2,13,14). The quantitative estimate of drug-likeness (QED) is 0.856. The zero-order valence-corrected chi connectivity index (χ0v) is 10.2. The van der Waals surface area contributed by atoms with E-state index < -0.39 is 0 Å². The van der Waals surface area contributed by atoms with Crippen LogP contribution in [0.2, 0.25) is 0 Å². The van der Waals surface area contributed by atoms with Crippen molar-refractivity contribution in [2.75, 3.05) is 17.2 Å². The summed E-state index contributed by atoms with van der Waals surface area (Å²) in [6, 6.07) is 0.794. The van der Waals surface area contributed by atoms with Crippen molar-refractivity contribution in [2.24, 2.45) is 5.92 Å². The van der Waals surface area contributed by atoms with Crippen molar-refractivity contribution in [3.63, 3.8) is 0 Å². The van der Waals surface area contributed by atoms with Gasteiger partial charge in [-0.25, -0.2) is 0 Å². The SMILES string of the molecule is Nc1nsc(N2CC3CCC2C3)c1C1CC1. The molecule has 0 radical (unpaired) electrons. The largest absolute Gasteiger partial charge is 0.383 e. The molecule has 1 aliphatic heterocycles. The van der Waals surface area contributed by atoms with E-state index in [4.69, 9.17) is 5.73 Å². The normalized spacial score (nSPS) is 32.6. The molecular weight excluding hydrogens is 218 g/mol. The van der Waals surface area contributed by atoms with Crippen LogP contribution in [0.4, 0.5) is 10.8 Å². The third-order valence-corrected chi connectivity index (χ3v) is 5.31. The molecule has 1 saturated heterocycles. The molecule has 2 heterocycles. The Balaban J connectivity index is 1.71. The van der Waals surface area contributed by atoms with E-state index in [9.17, 15) is 0 Å². The van der Waals surface area contributed by atoms with Gasteiger partial charge in [-0.15, -0.1) is 0 Å². The van der Waals surface area contributed by atoms with Gasteiger partial charge >= 0.3 is 0 Å². The molecule has 2 aliphatic carbocycles. The first-order valence-corrected chi connectivity index (χ1v) is 7.12. The molecule has 4 rings (SSSR count). The van der Waals surface area contributed by atoms with Crippen molar-refractivity contribution >= 4 is 22.4 Å². The number of rotatable bonds is 2. The van der Waals surface area contributed by atoms with Gasteiger partial charge < -0.3 is 10.6 Å². The molecule has 3 nitrogen and oxygen atoms in total. The van der Waals surface area contributed by atoms with E-state index in [1.165, 1.54) is 49.2 Å². The fourth-order valence-corrected chi connectivity index (χ4v) is 4.42. The summed E-state index contributed by atoms with van der Waals surface area (Å²) in [5, 5.41) is 1.41. The summed E-state index contributed by atoms with van der Waals surface area (Å²) in [7, 11) is 0. The van der Waals surface area contributed by atoms with Crippen molar-refractivity contribution in [3.05, 3.63) is 5.56 Å². The lowest BCUT2D eigenvalue weighted by molar-refractivity contribution is 0.555. The number of nitrogens with two attached hydrogens (primary N) is 1. The Morgan fingerprint density at radius 3 is 2.75 bits per heavy atom. The maximum absolute atomic E-state index is 6.02. The Morgan fingerprint density at radius 1 is 1.25 bits per heavy atom. The zero-order valence-electron chi connectivity index (χ0n) is 9.35. The van der Waals surface area contributed by atoms with Gasteiger partial charge in [-0.05, 0) is 55.5 Å². The lowest BCUT2D eigenvalue weighted by atomic mass is 10.1. The molecule has 0 aromatic carbocycles. The molecule has 2 unspecified atom stereocenters. The molecule has 2 saturated carbocycles. The Hall–Kier alpha value is -0.770. The molecule has 3 aliphatic rings. The van der Waals surface area contributed by atoms with E-state index >= 15 is 0 Å². The van der Waals surface area contributed by atoms with Gasteiger partial charge in [-0.2, -0.15) is 4.37 Å². The summed E-state index contributed by atoms with van der Waals surface area (Å²) in [6.07, 6.45) is 6.86. The Morgan fingerprint density at radius 2 is 2.12 bits per heavy atom. The molecule has 2 atom stereocenters. The van der Waals surface area contributed by atoms with Crippen LogP contribution in [0.5, 0.6) is 0 Å². The zero-order chi connectivity index (χ0) is 10.7. The maximum atomic E-state index is 6.02. The van der Waals surface area contributed by atoms with Gasteiger partial charge in [0.1, 0.15) is 10.8 Å². The van der Waals surface area contributed by atoms with E-state index in [-0.39, 0.29) is 0 Å². The van der Waals surface area contributed by atoms with Crippen molar-refractivity contribution in [1.29, 1.82) is 0 Å². The molecule has 0 spiro atoms. The van der Waals surface area contributed by atoms with Crippen LogP contribution >= 0.6 is 11.5 Å². The van der Waals surface area contributed by atoms with Gasteiger partial charge in [0.15, 0.2) is 0 Å². The fraction of sp³-hybridized carbons (Fsp3) is 0.750. The molecular formula is C12H17N3S. The van der Waals surface area contributed by atoms with E-state index in [1.807, 2.05) is 0 Å². The average Bonchev–Trinajstić information content (AvgIpc) is 2.75. The molecule has 2 N–H and O–H groups in total. The number of fused-ring (bicyclic) bond motifs is 2. The van der Waals surface area contributed by atoms with E-state index in [2.05, 4.69) is 9.27 Å². The molecule has 1 aromatic heterocycles. The lowest BCUT2D eigenvalue weighted by Gasteiger charge is -2.28. The van der Waals surface area contributed by atoms with Crippen LogP contribution in [-0.4, -0.2) is 17.0 Å². The molecule has 86 valence electrons. The topological polar surface area (TPSA) is 42.1 Å². The van der Waals surface area contributed by atoms with Crippen LogP contribution in [0.1, 0.15) is 43.6 Å². The molecule has 0 amide bonds. The van der Waals surface area contributed by atoms with Crippen molar-refractivity contribution < 1.29 is 0 Å². The monoisotopic (exact) mass is 235 g/mol. The summed E-state index contributed by atoms with van der Waals surface area (Å²) in [5.74, 6) is 2.48. The minimum atomic E-state index is 0.730. The minimum Gasteiger partial charge on any atom is -0.383 e. The second-order valence-electron chi connectivity index (χ2n) is 5.55. The van der Waals surface area contributed by atoms with Crippen LogP contribution in [0.25, 0.3) is 0 Å². The van der Waals surface area contributed by atoms with Crippen molar-refractivity contribution in [2.45, 2.75) is 44.1 Å². The van der Waals surface area contributed by atoms with Gasteiger partial charge in [0, 0.05) is 18.2 Å². The summed E-state index contributed by atoms with van der Waals surface area (Å²) >= 11 is 1.63. The van der Waals surface area contributed by atoms with Crippen LogP contribution < -0.4 is 10.6 Å². The highest BCUT2D eigenvalue weighted by atomic mass is 32.1. The van der Waals surface area contributed by atoms with Gasteiger partial charge in [-0.1, -0.05) is 0 Å². The van der Waals surface area contributed by atoms with Crippen LogP contribution in [-0.2, 0) is 0 Å². The first-order valence-electron chi connectivity index (χ1n) is 6.34. The number of nitrogen functional groups attached to an aromatic ring is 1. The first kappa shape index (κ1) is 9.28.